The van der Waals surface area contributed by atoms with Gasteiger partial charge in [0.1, 0.15) is 0 Å². The highest BCUT2D eigenvalue weighted by Crippen LogP contribution is 2.30. The van der Waals surface area contributed by atoms with E-state index < -0.39 is 0 Å². The van der Waals surface area contributed by atoms with Crippen LogP contribution in [0.5, 0.6) is 0 Å². The number of amides is 1. The number of rotatable bonds is 5. The van der Waals surface area contributed by atoms with E-state index in [-0.39, 0.29) is 19.9 Å². The van der Waals surface area contributed by atoms with Gasteiger partial charge in [-0.3, -0.25) is 4.79 Å². The molecule has 0 saturated heterocycles. The smallest absolute Gasteiger partial charge is 0.246 e. The summed E-state index contributed by atoms with van der Waals surface area (Å²) in [4.78, 5) is 11.6. The lowest BCUT2D eigenvalue weighted by atomic mass is 10.1. The summed E-state index contributed by atoms with van der Waals surface area (Å²) in [5.41, 5.74) is 3.04. The van der Waals surface area contributed by atoms with E-state index in [9.17, 15) is 4.79 Å². The van der Waals surface area contributed by atoms with E-state index in [4.69, 9.17) is 0 Å². The zero-order valence-electron chi connectivity index (χ0n) is 11.7. The van der Waals surface area contributed by atoms with Crippen LogP contribution in [0.3, 0.4) is 0 Å². The molecule has 1 atom stereocenters. The molecule has 0 aliphatic carbocycles. The molecule has 0 bridgehead atoms. The van der Waals surface area contributed by atoms with Gasteiger partial charge in [-0.25, -0.2) is 0 Å². The second kappa shape index (κ2) is 6.70. The minimum absolute atomic E-state index is 0.0223. The minimum Gasteiger partial charge on any atom is -0.346 e. The number of benzene rings is 1. The van der Waals surface area contributed by atoms with Crippen molar-refractivity contribution in [2.45, 2.75) is 26.1 Å². The number of hydrogen-bond acceptors (Lipinski definition) is 1. The van der Waals surface area contributed by atoms with Crippen LogP contribution in [0.15, 0.2) is 36.4 Å². The average molecular weight is 263 g/mol. The van der Waals surface area contributed by atoms with Gasteiger partial charge < -0.3 is 5.32 Å². The predicted molar refractivity (Wildman–Crippen MR) is 80.3 cm³/mol. The monoisotopic (exact) mass is 263 g/mol. The van der Waals surface area contributed by atoms with Crippen molar-refractivity contribution in [1.82, 2.24) is 5.32 Å². The molecular weight excluding hydrogens is 241 g/mol. The highest BCUT2D eigenvalue weighted by atomic mass is 31.1. The fourth-order valence-corrected chi connectivity index (χ4v) is 2.66. The van der Waals surface area contributed by atoms with E-state index in [0.717, 1.165) is 11.7 Å². The minimum atomic E-state index is -0.0823. The van der Waals surface area contributed by atoms with Crippen molar-refractivity contribution in [3.05, 3.63) is 47.5 Å². The van der Waals surface area contributed by atoms with Gasteiger partial charge in [0.15, 0.2) is 0 Å². The molecule has 98 valence electrons. The van der Waals surface area contributed by atoms with Gasteiger partial charge in [0.05, 0.1) is 6.04 Å². The van der Waals surface area contributed by atoms with E-state index >= 15 is 0 Å². The first-order valence-electron chi connectivity index (χ1n) is 6.10. The lowest BCUT2D eigenvalue weighted by Crippen LogP contribution is -2.26. The molecule has 0 aliphatic rings. The molecule has 0 aliphatic heterocycles. The molecular formula is C15H22NOP. The molecule has 0 fully saturated rings. The third kappa shape index (κ3) is 4.62. The van der Waals surface area contributed by atoms with Crippen molar-refractivity contribution in [3.8, 4) is 0 Å². The van der Waals surface area contributed by atoms with Crippen molar-refractivity contribution >= 4 is 13.8 Å². The quantitative estimate of drug-likeness (QED) is 0.637. The molecule has 0 radical (unpaired) electrons. The summed E-state index contributed by atoms with van der Waals surface area (Å²) in [6.07, 6.45) is 1.13. The highest BCUT2D eigenvalue weighted by molar-refractivity contribution is 7.55. The summed E-state index contributed by atoms with van der Waals surface area (Å²) in [5.74, 6) is -0.0823. The van der Waals surface area contributed by atoms with Gasteiger partial charge in [-0.05, 0) is 44.5 Å². The lowest BCUT2D eigenvalue weighted by Gasteiger charge is -2.16. The fraction of sp³-hybridized carbons (Fsp3) is 0.400. The highest BCUT2D eigenvalue weighted by Gasteiger charge is 2.10. The standard InChI is InChI=1S/C15H22NOP/c1-11(2)15(17)16-12(3)14-8-6-7-13(9-14)10-18(4)5/h6-9,12H,1,10H2,2-5H3,(H,16,17). The van der Waals surface area contributed by atoms with Crippen LogP contribution in [0.25, 0.3) is 0 Å². The molecule has 2 nitrogen and oxygen atoms in total. The van der Waals surface area contributed by atoms with Crippen molar-refractivity contribution in [2.75, 3.05) is 13.3 Å². The van der Waals surface area contributed by atoms with E-state index in [1.807, 2.05) is 6.92 Å². The second-order valence-electron chi connectivity index (χ2n) is 4.96. The third-order valence-electron chi connectivity index (χ3n) is 2.69. The molecule has 1 aromatic rings. The number of carbonyl (C=O) groups excluding carboxylic acids is 1. The van der Waals surface area contributed by atoms with E-state index in [1.165, 1.54) is 5.56 Å². The lowest BCUT2D eigenvalue weighted by molar-refractivity contribution is -0.118. The van der Waals surface area contributed by atoms with Gasteiger partial charge in [0.2, 0.25) is 5.91 Å². The summed E-state index contributed by atoms with van der Waals surface area (Å²) < 4.78 is 0. The van der Waals surface area contributed by atoms with Crippen molar-refractivity contribution < 1.29 is 4.79 Å². The second-order valence-corrected chi connectivity index (χ2v) is 7.43. The number of nitrogens with one attached hydrogen (secondary N) is 1. The van der Waals surface area contributed by atoms with Crippen LogP contribution in [0, 0.1) is 0 Å². The van der Waals surface area contributed by atoms with Crippen molar-refractivity contribution in [2.24, 2.45) is 0 Å². The van der Waals surface area contributed by atoms with Crippen molar-refractivity contribution in [3.63, 3.8) is 0 Å². The summed E-state index contributed by atoms with van der Waals surface area (Å²) in [7, 11) is 0.0631. The summed E-state index contributed by atoms with van der Waals surface area (Å²) in [5, 5.41) is 2.94. The third-order valence-corrected chi connectivity index (χ3v) is 3.68. The Hall–Kier alpha value is -1.14. The average Bonchev–Trinajstić information content (AvgIpc) is 2.28. The van der Waals surface area contributed by atoms with Crippen LogP contribution in [-0.4, -0.2) is 19.2 Å². The molecule has 1 unspecified atom stereocenters. The normalized spacial score (nSPS) is 12.3. The van der Waals surface area contributed by atoms with Gasteiger partial charge in [-0.1, -0.05) is 30.8 Å². The van der Waals surface area contributed by atoms with E-state index in [2.05, 4.69) is 49.5 Å². The number of hydrogen-bond donors (Lipinski definition) is 1. The van der Waals surface area contributed by atoms with Crippen LogP contribution in [0.1, 0.15) is 31.0 Å². The molecule has 1 N–H and O–H groups in total. The van der Waals surface area contributed by atoms with Crippen LogP contribution in [0.4, 0.5) is 0 Å². The Labute approximate surface area is 111 Å². The van der Waals surface area contributed by atoms with Crippen molar-refractivity contribution in [1.29, 1.82) is 0 Å². The van der Waals surface area contributed by atoms with Crippen LogP contribution >= 0.6 is 7.92 Å². The Morgan fingerprint density at radius 3 is 2.67 bits per heavy atom. The van der Waals surface area contributed by atoms with Gasteiger partial charge in [0, 0.05) is 5.57 Å². The van der Waals surface area contributed by atoms with Crippen LogP contribution < -0.4 is 5.32 Å². The Balaban J connectivity index is 2.76. The van der Waals surface area contributed by atoms with Gasteiger partial charge in [-0.15, -0.1) is 7.92 Å². The number of carbonyl (C=O) groups is 1. The molecule has 0 saturated carbocycles. The van der Waals surface area contributed by atoms with E-state index in [1.54, 1.807) is 6.92 Å². The molecule has 0 aromatic heterocycles. The first-order valence-corrected chi connectivity index (χ1v) is 8.52. The summed E-state index contributed by atoms with van der Waals surface area (Å²) in [6.45, 7) is 11.9. The predicted octanol–water partition coefficient (Wildman–Crippen LogP) is 3.68. The van der Waals surface area contributed by atoms with E-state index in [0.29, 0.717) is 5.57 Å². The first-order chi connectivity index (χ1) is 8.40. The topological polar surface area (TPSA) is 29.1 Å². The Bertz CT molecular complexity index is 440. The van der Waals surface area contributed by atoms with Gasteiger partial charge >= 0.3 is 0 Å². The SMILES string of the molecule is C=C(C)C(=O)NC(C)c1cccc(CP(C)C)c1. The zero-order chi connectivity index (χ0) is 13.7. The maximum absolute atomic E-state index is 11.6. The molecule has 0 spiro atoms. The Morgan fingerprint density at radius 1 is 1.44 bits per heavy atom. The fourth-order valence-electron chi connectivity index (χ4n) is 1.73. The zero-order valence-corrected chi connectivity index (χ0v) is 12.6. The summed E-state index contributed by atoms with van der Waals surface area (Å²) >= 11 is 0. The first kappa shape index (κ1) is 14.9. The molecule has 0 heterocycles. The van der Waals surface area contributed by atoms with Crippen LogP contribution in [-0.2, 0) is 11.0 Å². The maximum Gasteiger partial charge on any atom is 0.246 e. The largest absolute Gasteiger partial charge is 0.346 e. The van der Waals surface area contributed by atoms with Crippen LogP contribution in [0.2, 0.25) is 0 Å². The summed E-state index contributed by atoms with van der Waals surface area (Å²) in [6, 6.07) is 8.48. The van der Waals surface area contributed by atoms with Gasteiger partial charge in [-0.2, -0.15) is 0 Å². The molecule has 1 rings (SSSR count). The Kier molecular flexibility index (Phi) is 5.55. The molecule has 3 heteroatoms. The molecule has 1 aromatic carbocycles. The molecule has 18 heavy (non-hydrogen) atoms. The molecule has 1 amide bonds. The maximum atomic E-state index is 11.6. The van der Waals surface area contributed by atoms with Gasteiger partial charge in [0.25, 0.3) is 0 Å². The Morgan fingerprint density at radius 2 is 2.11 bits per heavy atom.